The molecule has 1 N–H and O–H groups in total. The topological polar surface area (TPSA) is 107 Å². The standard InChI is InChI=1S/C8H8N8O/c1-15-3-9-7-6(15)8(17)16(4-10-7)2-5-11-13-14-12-5/h3-4H,2H2,1H3,(H,11,12,13,14). The highest BCUT2D eigenvalue weighted by atomic mass is 16.1. The van der Waals surface area contributed by atoms with E-state index in [-0.39, 0.29) is 12.1 Å². The van der Waals surface area contributed by atoms with Gasteiger partial charge in [0.05, 0.1) is 12.9 Å². The van der Waals surface area contributed by atoms with Gasteiger partial charge in [0, 0.05) is 7.05 Å². The minimum Gasteiger partial charge on any atom is -0.328 e. The molecule has 0 saturated heterocycles. The van der Waals surface area contributed by atoms with Crippen LogP contribution in [0.1, 0.15) is 5.82 Å². The Bertz CT molecular complexity index is 709. The van der Waals surface area contributed by atoms with Gasteiger partial charge in [0.1, 0.15) is 6.33 Å². The van der Waals surface area contributed by atoms with Gasteiger partial charge in [-0.05, 0) is 0 Å². The Labute approximate surface area is 94.1 Å². The summed E-state index contributed by atoms with van der Waals surface area (Å²) < 4.78 is 3.05. The van der Waals surface area contributed by atoms with Crippen molar-refractivity contribution in [3.8, 4) is 0 Å². The van der Waals surface area contributed by atoms with E-state index in [1.807, 2.05) is 0 Å². The number of imidazole rings is 1. The molecule has 0 aliphatic carbocycles. The number of rotatable bonds is 2. The summed E-state index contributed by atoms with van der Waals surface area (Å²) in [6, 6.07) is 0. The molecule has 0 unspecified atom stereocenters. The molecule has 3 rings (SSSR count). The third kappa shape index (κ3) is 1.48. The minimum absolute atomic E-state index is 0.181. The molecule has 9 nitrogen and oxygen atoms in total. The predicted molar refractivity (Wildman–Crippen MR) is 56.0 cm³/mol. The lowest BCUT2D eigenvalue weighted by Gasteiger charge is -2.01. The van der Waals surface area contributed by atoms with Gasteiger partial charge in [-0.15, -0.1) is 10.2 Å². The minimum atomic E-state index is -0.181. The van der Waals surface area contributed by atoms with E-state index in [4.69, 9.17) is 0 Å². The zero-order valence-corrected chi connectivity index (χ0v) is 8.90. The average Bonchev–Trinajstić information content (AvgIpc) is 2.93. The summed E-state index contributed by atoms with van der Waals surface area (Å²) in [5.41, 5.74) is 0.706. The van der Waals surface area contributed by atoms with Crippen LogP contribution in [0.15, 0.2) is 17.4 Å². The largest absolute Gasteiger partial charge is 0.328 e. The van der Waals surface area contributed by atoms with E-state index in [0.717, 1.165) is 0 Å². The fourth-order valence-corrected chi connectivity index (χ4v) is 1.59. The van der Waals surface area contributed by atoms with Gasteiger partial charge >= 0.3 is 0 Å². The maximum Gasteiger partial charge on any atom is 0.280 e. The second-order valence-electron chi connectivity index (χ2n) is 3.53. The molecule has 0 atom stereocenters. The highest BCUT2D eigenvalue weighted by Crippen LogP contribution is 2.02. The molecule has 0 radical (unpaired) electrons. The number of aryl methyl sites for hydroxylation is 1. The number of H-pyrrole nitrogens is 1. The Morgan fingerprint density at radius 3 is 2.94 bits per heavy atom. The smallest absolute Gasteiger partial charge is 0.280 e. The summed E-state index contributed by atoms with van der Waals surface area (Å²) in [5, 5.41) is 13.3. The lowest BCUT2D eigenvalue weighted by molar-refractivity contribution is 0.703. The number of aromatic nitrogens is 8. The van der Waals surface area contributed by atoms with Crippen LogP contribution in [0, 0.1) is 0 Å². The first-order chi connectivity index (χ1) is 8.25. The maximum absolute atomic E-state index is 12.1. The van der Waals surface area contributed by atoms with Crippen molar-refractivity contribution in [2.75, 3.05) is 0 Å². The second kappa shape index (κ2) is 3.47. The third-order valence-electron chi connectivity index (χ3n) is 2.40. The summed E-state index contributed by atoms with van der Waals surface area (Å²) in [4.78, 5) is 20.2. The monoisotopic (exact) mass is 232 g/mol. The van der Waals surface area contributed by atoms with E-state index < -0.39 is 0 Å². The quantitative estimate of drug-likeness (QED) is 0.588. The predicted octanol–water partition coefficient (Wildman–Crippen LogP) is -1.31. The Hall–Kier alpha value is -2.58. The van der Waals surface area contributed by atoms with Crippen molar-refractivity contribution < 1.29 is 0 Å². The van der Waals surface area contributed by atoms with Gasteiger partial charge in [-0.2, -0.15) is 5.21 Å². The Balaban J connectivity index is 2.14. The summed E-state index contributed by atoms with van der Waals surface area (Å²) in [6.45, 7) is 0.226. The fourth-order valence-electron chi connectivity index (χ4n) is 1.59. The number of tetrazole rings is 1. The van der Waals surface area contributed by atoms with Crippen molar-refractivity contribution >= 4 is 11.2 Å². The third-order valence-corrected chi connectivity index (χ3v) is 2.40. The molecule has 3 aromatic rings. The molecule has 0 aliphatic rings. The van der Waals surface area contributed by atoms with Gasteiger partial charge in [-0.3, -0.25) is 9.36 Å². The first kappa shape index (κ1) is 9.63. The molecule has 3 aromatic heterocycles. The van der Waals surface area contributed by atoms with Crippen molar-refractivity contribution in [1.29, 1.82) is 0 Å². The summed E-state index contributed by atoms with van der Waals surface area (Å²) in [6.07, 6.45) is 2.98. The number of nitrogens with zero attached hydrogens (tertiary/aromatic N) is 7. The van der Waals surface area contributed by atoms with Crippen molar-refractivity contribution in [2.45, 2.75) is 6.54 Å². The Morgan fingerprint density at radius 1 is 1.35 bits per heavy atom. The van der Waals surface area contributed by atoms with E-state index >= 15 is 0 Å². The zero-order chi connectivity index (χ0) is 11.8. The molecular formula is C8H8N8O. The molecule has 0 amide bonds. The van der Waals surface area contributed by atoms with Crippen molar-refractivity contribution in [3.05, 3.63) is 28.8 Å². The fraction of sp³-hybridized carbons (Fsp3) is 0.250. The number of hydrogen-bond acceptors (Lipinski definition) is 6. The first-order valence-electron chi connectivity index (χ1n) is 4.84. The van der Waals surface area contributed by atoms with Gasteiger partial charge in [-0.1, -0.05) is 5.21 Å². The van der Waals surface area contributed by atoms with Crippen LogP contribution >= 0.6 is 0 Å². The van der Waals surface area contributed by atoms with Crippen LogP contribution < -0.4 is 5.56 Å². The molecule has 9 heteroatoms. The van der Waals surface area contributed by atoms with Gasteiger partial charge in [0.2, 0.25) is 0 Å². The van der Waals surface area contributed by atoms with Gasteiger partial charge in [0.25, 0.3) is 5.56 Å². The number of aromatic amines is 1. The van der Waals surface area contributed by atoms with Crippen LogP contribution in [-0.4, -0.2) is 39.7 Å². The van der Waals surface area contributed by atoms with Crippen LogP contribution in [0.4, 0.5) is 0 Å². The molecule has 86 valence electrons. The molecule has 17 heavy (non-hydrogen) atoms. The van der Waals surface area contributed by atoms with Crippen LogP contribution in [0.25, 0.3) is 11.2 Å². The van der Waals surface area contributed by atoms with Gasteiger partial charge in [0.15, 0.2) is 17.0 Å². The molecule has 0 bridgehead atoms. The molecule has 0 aliphatic heterocycles. The highest BCUT2D eigenvalue weighted by Gasteiger charge is 2.10. The van der Waals surface area contributed by atoms with Crippen LogP contribution in [-0.2, 0) is 13.6 Å². The van der Waals surface area contributed by atoms with Gasteiger partial charge in [-0.25, -0.2) is 9.97 Å². The molecular weight excluding hydrogens is 224 g/mol. The van der Waals surface area contributed by atoms with Crippen LogP contribution in [0.5, 0.6) is 0 Å². The lowest BCUT2D eigenvalue weighted by Crippen LogP contribution is -2.23. The maximum atomic E-state index is 12.1. The zero-order valence-electron chi connectivity index (χ0n) is 8.90. The SMILES string of the molecule is Cn1cnc2ncn(Cc3nn[nH]n3)c(=O)c21. The van der Waals surface area contributed by atoms with E-state index in [9.17, 15) is 4.79 Å². The molecule has 0 saturated carbocycles. The normalized spacial score (nSPS) is 11.1. The Morgan fingerprint density at radius 2 is 2.18 bits per heavy atom. The average molecular weight is 232 g/mol. The number of hydrogen-bond donors (Lipinski definition) is 1. The van der Waals surface area contributed by atoms with Crippen LogP contribution in [0.3, 0.4) is 0 Å². The van der Waals surface area contributed by atoms with Crippen molar-refractivity contribution in [3.63, 3.8) is 0 Å². The van der Waals surface area contributed by atoms with E-state index in [0.29, 0.717) is 17.0 Å². The number of nitrogens with one attached hydrogen (secondary N) is 1. The summed E-state index contributed by atoms with van der Waals surface area (Å²) in [5.74, 6) is 0.426. The van der Waals surface area contributed by atoms with E-state index in [1.165, 1.54) is 10.9 Å². The Kier molecular flexibility index (Phi) is 1.97. The highest BCUT2D eigenvalue weighted by molar-refractivity contribution is 5.68. The van der Waals surface area contributed by atoms with Crippen molar-refractivity contribution in [1.82, 2.24) is 39.7 Å². The van der Waals surface area contributed by atoms with Gasteiger partial charge < -0.3 is 4.57 Å². The van der Waals surface area contributed by atoms with E-state index in [2.05, 4.69) is 30.6 Å². The first-order valence-corrected chi connectivity index (χ1v) is 4.84. The molecule has 0 fully saturated rings. The number of fused-ring (bicyclic) bond motifs is 1. The molecule has 0 aromatic carbocycles. The van der Waals surface area contributed by atoms with E-state index in [1.54, 1.807) is 17.9 Å². The van der Waals surface area contributed by atoms with Crippen molar-refractivity contribution in [2.24, 2.45) is 7.05 Å². The summed E-state index contributed by atoms with van der Waals surface area (Å²) >= 11 is 0. The lowest BCUT2D eigenvalue weighted by atomic mass is 10.5. The second-order valence-corrected chi connectivity index (χ2v) is 3.53. The molecule has 0 spiro atoms. The summed E-state index contributed by atoms with van der Waals surface area (Å²) in [7, 11) is 1.75. The van der Waals surface area contributed by atoms with Crippen LogP contribution in [0.2, 0.25) is 0 Å². The molecule has 3 heterocycles.